The standard InChI is InChI=1S/C23H38O5/c1-3-4-15-18-22(28-26-2)19-16-13-11-9-7-5-6-8-10-12-14-17-20-27-21-23(24)25/h5,7-8,10-11,13,16,19,22H,3-4,6,9,12,14-15,17-18,20-21H2,1-2H3,(H,24,25)/b7-5-,10-8-,13-11-,19-16+. The lowest BCUT2D eigenvalue weighted by Gasteiger charge is -2.10. The molecule has 0 aliphatic rings. The number of unbranched alkanes of at least 4 members (excludes halogenated alkanes) is 4. The van der Waals surface area contributed by atoms with Gasteiger partial charge in [0.25, 0.3) is 0 Å². The first-order valence-electron chi connectivity index (χ1n) is 10.3. The SMILES string of the molecule is CCCCCC(/C=C/C=C\C/C=C\C/C=C\CCCCOCC(=O)O)OOC. The molecule has 0 saturated carbocycles. The third kappa shape index (κ3) is 20.6. The van der Waals surface area contributed by atoms with Gasteiger partial charge in [-0.1, -0.05) is 74.8 Å². The van der Waals surface area contributed by atoms with Crippen molar-refractivity contribution in [2.75, 3.05) is 20.3 Å². The van der Waals surface area contributed by atoms with Gasteiger partial charge >= 0.3 is 5.97 Å². The van der Waals surface area contributed by atoms with E-state index >= 15 is 0 Å². The van der Waals surface area contributed by atoms with E-state index in [-0.39, 0.29) is 12.7 Å². The lowest BCUT2D eigenvalue weighted by molar-refractivity contribution is -0.294. The predicted molar refractivity (Wildman–Crippen MR) is 114 cm³/mol. The van der Waals surface area contributed by atoms with Crippen molar-refractivity contribution in [3.05, 3.63) is 48.6 Å². The Morgan fingerprint density at radius 2 is 1.71 bits per heavy atom. The molecular formula is C23H38O5. The summed E-state index contributed by atoms with van der Waals surface area (Å²) in [6.45, 7) is 2.50. The van der Waals surface area contributed by atoms with E-state index in [9.17, 15) is 4.79 Å². The summed E-state index contributed by atoms with van der Waals surface area (Å²) < 4.78 is 4.98. The number of hydrogen-bond donors (Lipinski definition) is 1. The van der Waals surface area contributed by atoms with Gasteiger partial charge in [0, 0.05) is 6.61 Å². The topological polar surface area (TPSA) is 65.0 Å². The highest BCUT2D eigenvalue weighted by molar-refractivity contribution is 5.67. The molecule has 0 amide bonds. The number of hydrogen-bond acceptors (Lipinski definition) is 4. The molecule has 1 unspecified atom stereocenters. The summed E-state index contributed by atoms with van der Waals surface area (Å²) in [5.74, 6) is -0.913. The van der Waals surface area contributed by atoms with Gasteiger partial charge in [-0.15, -0.1) is 0 Å². The Labute approximate surface area is 170 Å². The maximum Gasteiger partial charge on any atom is 0.329 e. The lowest BCUT2D eigenvalue weighted by atomic mass is 10.1. The quantitative estimate of drug-likeness (QED) is 0.0987. The van der Waals surface area contributed by atoms with E-state index in [0.717, 1.165) is 44.9 Å². The number of aliphatic carboxylic acids is 1. The molecule has 0 aliphatic heterocycles. The highest BCUT2D eigenvalue weighted by atomic mass is 17.2. The summed E-state index contributed by atoms with van der Waals surface area (Å²) in [4.78, 5) is 20.3. The van der Waals surface area contributed by atoms with Crippen molar-refractivity contribution in [3.63, 3.8) is 0 Å². The summed E-state index contributed by atoms with van der Waals surface area (Å²) in [6.07, 6.45) is 26.1. The van der Waals surface area contributed by atoms with Gasteiger partial charge < -0.3 is 9.84 Å². The van der Waals surface area contributed by atoms with Crippen LogP contribution in [-0.2, 0) is 19.3 Å². The summed E-state index contributed by atoms with van der Waals surface area (Å²) >= 11 is 0. The van der Waals surface area contributed by atoms with Crippen LogP contribution in [0.4, 0.5) is 0 Å². The second-order valence-corrected chi connectivity index (χ2v) is 6.47. The zero-order chi connectivity index (χ0) is 20.7. The largest absolute Gasteiger partial charge is 0.480 e. The first kappa shape index (κ1) is 26.3. The van der Waals surface area contributed by atoms with Crippen molar-refractivity contribution in [1.29, 1.82) is 0 Å². The average Bonchev–Trinajstić information content (AvgIpc) is 2.67. The second kappa shape index (κ2) is 21.6. The lowest BCUT2D eigenvalue weighted by Crippen LogP contribution is -2.08. The molecule has 5 nitrogen and oxygen atoms in total. The van der Waals surface area contributed by atoms with Crippen LogP contribution >= 0.6 is 0 Å². The maximum atomic E-state index is 10.3. The second-order valence-electron chi connectivity index (χ2n) is 6.47. The molecule has 0 saturated heterocycles. The molecule has 0 aromatic carbocycles. The minimum absolute atomic E-state index is 0.0191. The number of carboxylic acid groups (broad SMARTS) is 1. The first-order chi connectivity index (χ1) is 13.7. The van der Waals surface area contributed by atoms with Gasteiger partial charge in [-0.2, -0.15) is 0 Å². The van der Waals surface area contributed by atoms with Crippen molar-refractivity contribution >= 4 is 5.97 Å². The molecular weight excluding hydrogens is 356 g/mol. The molecule has 0 rings (SSSR count). The van der Waals surface area contributed by atoms with Gasteiger partial charge in [-0.05, 0) is 38.5 Å². The van der Waals surface area contributed by atoms with Gasteiger partial charge in [-0.3, -0.25) is 0 Å². The van der Waals surface area contributed by atoms with Crippen LogP contribution in [0.2, 0.25) is 0 Å². The van der Waals surface area contributed by atoms with Crippen LogP contribution in [0.5, 0.6) is 0 Å². The Kier molecular flexibility index (Phi) is 20.3. The summed E-state index contributed by atoms with van der Waals surface area (Å²) in [6, 6.07) is 0. The summed E-state index contributed by atoms with van der Waals surface area (Å²) in [5.41, 5.74) is 0. The number of rotatable bonds is 19. The Balaban J connectivity index is 3.69. The van der Waals surface area contributed by atoms with Crippen LogP contribution < -0.4 is 0 Å². The fraction of sp³-hybridized carbons (Fsp3) is 0.609. The van der Waals surface area contributed by atoms with Crippen molar-refractivity contribution in [3.8, 4) is 0 Å². The van der Waals surface area contributed by atoms with Crippen LogP contribution in [0.15, 0.2) is 48.6 Å². The van der Waals surface area contributed by atoms with Crippen molar-refractivity contribution in [1.82, 2.24) is 0 Å². The van der Waals surface area contributed by atoms with Crippen LogP contribution in [-0.4, -0.2) is 37.5 Å². The molecule has 5 heteroatoms. The Bertz CT molecular complexity index is 466. The van der Waals surface area contributed by atoms with E-state index < -0.39 is 5.97 Å². The zero-order valence-electron chi connectivity index (χ0n) is 17.6. The molecule has 0 aliphatic carbocycles. The first-order valence-corrected chi connectivity index (χ1v) is 10.3. The molecule has 0 fully saturated rings. The molecule has 0 heterocycles. The highest BCUT2D eigenvalue weighted by Gasteiger charge is 2.03. The van der Waals surface area contributed by atoms with E-state index in [4.69, 9.17) is 19.6 Å². The van der Waals surface area contributed by atoms with Gasteiger partial charge in [0.15, 0.2) is 0 Å². The molecule has 160 valence electrons. The number of carboxylic acids is 1. The van der Waals surface area contributed by atoms with Gasteiger partial charge in [0.2, 0.25) is 0 Å². The number of ether oxygens (including phenoxy) is 1. The predicted octanol–water partition coefficient (Wildman–Crippen LogP) is 5.79. The molecule has 1 N–H and O–H groups in total. The van der Waals surface area contributed by atoms with E-state index in [2.05, 4.69) is 37.3 Å². The van der Waals surface area contributed by atoms with E-state index in [1.807, 2.05) is 18.2 Å². The molecule has 1 atom stereocenters. The number of carbonyl (C=O) groups is 1. The van der Waals surface area contributed by atoms with Crippen LogP contribution in [0.1, 0.15) is 64.7 Å². The monoisotopic (exact) mass is 394 g/mol. The molecule has 0 bridgehead atoms. The third-order valence-corrected chi connectivity index (χ3v) is 3.90. The fourth-order valence-electron chi connectivity index (χ4n) is 2.43. The Hall–Kier alpha value is -1.69. The highest BCUT2D eigenvalue weighted by Crippen LogP contribution is 2.08. The number of allylic oxidation sites excluding steroid dienone is 7. The minimum Gasteiger partial charge on any atom is -0.480 e. The van der Waals surface area contributed by atoms with E-state index in [1.54, 1.807) is 7.11 Å². The van der Waals surface area contributed by atoms with Crippen LogP contribution in [0.3, 0.4) is 0 Å². The third-order valence-electron chi connectivity index (χ3n) is 3.90. The molecule has 0 spiro atoms. The maximum absolute atomic E-state index is 10.3. The van der Waals surface area contributed by atoms with Gasteiger partial charge in [0.05, 0.1) is 7.11 Å². The fourth-order valence-corrected chi connectivity index (χ4v) is 2.43. The summed E-state index contributed by atoms with van der Waals surface area (Å²) in [5, 5.41) is 8.44. The Morgan fingerprint density at radius 3 is 2.43 bits per heavy atom. The molecule has 0 aromatic heterocycles. The van der Waals surface area contributed by atoms with E-state index in [0.29, 0.717) is 6.61 Å². The van der Waals surface area contributed by atoms with Gasteiger partial charge in [0.1, 0.15) is 12.7 Å². The molecule has 0 radical (unpaired) electrons. The van der Waals surface area contributed by atoms with Crippen molar-refractivity contribution < 1.29 is 24.4 Å². The van der Waals surface area contributed by atoms with Crippen molar-refractivity contribution in [2.24, 2.45) is 0 Å². The zero-order valence-corrected chi connectivity index (χ0v) is 17.6. The minimum atomic E-state index is -0.913. The molecule has 0 aromatic rings. The van der Waals surface area contributed by atoms with E-state index in [1.165, 1.54) is 12.8 Å². The smallest absolute Gasteiger partial charge is 0.329 e. The van der Waals surface area contributed by atoms with Crippen LogP contribution in [0, 0.1) is 0 Å². The average molecular weight is 395 g/mol. The van der Waals surface area contributed by atoms with Crippen molar-refractivity contribution in [2.45, 2.75) is 70.8 Å². The van der Waals surface area contributed by atoms with Gasteiger partial charge in [-0.25, -0.2) is 14.6 Å². The Morgan fingerprint density at radius 1 is 0.964 bits per heavy atom. The summed E-state index contributed by atoms with van der Waals surface area (Å²) in [7, 11) is 1.55. The van der Waals surface area contributed by atoms with Crippen LogP contribution in [0.25, 0.3) is 0 Å². The molecule has 28 heavy (non-hydrogen) atoms. The normalized spacial score (nSPS) is 13.5.